The van der Waals surface area contributed by atoms with Gasteiger partial charge in [-0.15, -0.1) is 0 Å². The van der Waals surface area contributed by atoms with Gasteiger partial charge in [-0.2, -0.15) is 0 Å². The SMILES string of the molecule is N=C(N)c1ccc2cc(C(=O)Nc3ccc(N4CC[C@H](F)C4)cc3)n(Cc3ccc(C(N)=O)cc3)c2c1. The average molecular weight is 499 g/mol. The van der Waals surface area contributed by atoms with Gasteiger partial charge in [0.2, 0.25) is 5.91 Å². The Morgan fingerprint density at radius 3 is 2.30 bits per heavy atom. The van der Waals surface area contributed by atoms with Crippen LogP contribution >= 0.6 is 0 Å². The lowest BCUT2D eigenvalue weighted by molar-refractivity contribution is 0.0997. The zero-order chi connectivity index (χ0) is 26.1. The van der Waals surface area contributed by atoms with Crippen LogP contribution in [0.25, 0.3) is 10.9 Å². The fourth-order valence-corrected chi connectivity index (χ4v) is 4.64. The van der Waals surface area contributed by atoms with Gasteiger partial charge in [0.15, 0.2) is 0 Å². The van der Waals surface area contributed by atoms with Gasteiger partial charge >= 0.3 is 0 Å². The number of primary amides is 1. The Kier molecular flexibility index (Phi) is 6.35. The van der Waals surface area contributed by atoms with Crippen molar-refractivity contribution in [2.45, 2.75) is 19.1 Å². The van der Waals surface area contributed by atoms with Crippen LogP contribution in [0.5, 0.6) is 0 Å². The van der Waals surface area contributed by atoms with E-state index in [1.165, 1.54) is 0 Å². The number of hydrogen-bond acceptors (Lipinski definition) is 4. The van der Waals surface area contributed by atoms with Gasteiger partial charge in [-0.3, -0.25) is 15.0 Å². The van der Waals surface area contributed by atoms with Crippen LogP contribution < -0.4 is 21.7 Å². The molecule has 1 aliphatic rings. The molecule has 37 heavy (non-hydrogen) atoms. The number of carbonyl (C=O) groups is 2. The number of nitrogen functional groups attached to an aromatic ring is 1. The third-order valence-corrected chi connectivity index (χ3v) is 6.65. The minimum atomic E-state index is -0.809. The Morgan fingerprint density at radius 2 is 1.68 bits per heavy atom. The lowest BCUT2D eigenvalue weighted by Gasteiger charge is -2.18. The number of amides is 2. The third-order valence-electron chi connectivity index (χ3n) is 6.65. The maximum Gasteiger partial charge on any atom is 0.272 e. The Morgan fingerprint density at radius 1 is 0.973 bits per heavy atom. The zero-order valence-corrected chi connectivity index (χ0v) is 20.1. The highest BCUT2D eigenvalue weighted by atomic mass is 19.1. The molecule has 1 fully saturated rings. The minimum Gasteiger partial charge on any atom is -0.384 e. The molecule has 1 aliphatic heterocycles. The summed E-state index contributed by atoms with van der Waals surface area (Å²) < 4.78 is 15.4. The molecule has 0 unspecified atom stereocenters. The van der Waals surface area contributed by atoms with Crippen LogP contribution in [-0.2, 0) is 6.54 Å². The molecule has 188 valence electrons. The molecule has 1 atom stereocenters. The molecule has 6 N–H and O–H groups in total. The van der Waals surface area contributed by atoms with Crippen LogP contribution in [0.4, 0.5) is 15.8 Å². The number of carbonyl (C=O) groups excluding carboxylic acids is 2. The van der Waals surface area contributed by atoms with Crippen molar-refractivity contribution in [3.63, 3.8) is 0 Å². The van der Waals surface area contributed by atoms with Crippen molar-refractivity contribution in [3.05, 3.63) is 95.2 Å². The number of anilines is 2. The van der Waals surface area contributed by atoms with Crippen molar-refractivity contribution in [3.8, 4) is 0 Å². The third kappa shape index (κ3) is 5.02. The maximum atomic E-state index is 13.6. The number of nitrogens with zero attached hydrogens (tertiary/aromatic N) is 2. The first-order chi connectivity index (χ1) is 17.8. The monoisotopic (exact) mass is 498 g/mol. The predicted octanol–water partition coefficient (Wildman–Crippen LogP) is 3.87. The first kappa shape index (κ1) is 24.1. The second-order valence-electron chi connectivity index (χ2n) is 9.20. The van der Waals surface area contributed by atoms with E-state index in [0.717, 1.165) is 22.2 Å². The molecule has 0 bridgehead atoms. The van der Waals surface area contributed by atoms with Gasteiger partial charge in [0.25, 0.3) is 5.91 Å². The maximum absolute atomic E-state index is 13.6. The van der Waals surface area contributed by atoms with Crippen LogP contribution in [0.1, 0.15) is 38.4 Å². The largest absolute Gasteiger partial charge is 0.384 e. The van der Waals surface area contributed by atoms with E-state index < -0.39 is 12.1 Å². The zero-order valence-electron chi connectivity index (χ0n) is 20.1. The van der Waals surface area contributed by atoms with Crippen molar-refractivity contribution in [1.29, 1.82) is 5.41 Å². The Labute approximate surface area is 213 Å². The standard InChI is InChI=1S/C28H27FN6O2/c29-21-11-12-34(16-21)23-9-7-22(8-10-23)33-28(37)25-13-19-5-6-20(26(30)31)14-24(19)35(25)15-17-1-3-18(4-2-17)27(32)36/h1-10,13-14,21H,11-12,15-16H2,(H3,30,31)(H2,32,36)(H,33,37)/t21-/m0/s1. The number of nitrogens with one attached hydrogen (secondary N) is 2. The summed E-state index contributed by atoms with van der Waals surface area (Å²) in [5.41, 5.74) is 15.6. The van der Waals surface area contributed by atoms with E-state index in [0.29, 0.717) is 48.6 Å². The molecule has 5 rings (SSSR count). The van der Waals surface area contributed by atoms with Gasteiger partial charge in [-0.1, -0.05) is 24.3 Å². The second kappa shape index (κ2) is 9.77. The molecule has 0 aliphatic carbocycles. The summed E-state index contributed by atoms with van der Waals surface area (Å²) in [6, 6.07) is 21.4. The molecule has 4 aromatic rings. The summed E-state index contributed by atoms with van der Waals surface area (Å²) in [4.78, 5) is 26.9. The molecule has 1 aromatic heterocycles. The number of aromatic nitrogens is 1. The first-order valence-electron chi connectivity index (χ1n) is 12.0. The first-order valence-corrected chi connectivity index (χ1v) is 12.0. The molecule has 0 radical (unpaired) electrons. The van der Waals surface area contributed by atoms with E-state index in [1.807, 2.05) is 39.8 Å². The highest BCUT2D eigenvalue weighted by Crippen LogP contribution is 2.26. The van der Waals surface area contributed by atoms with Gasteiger partial charge in [0.1, 0.15) is 17.7 Å². The normalized spacial score (nSPS) is 15.2. The number of halogens is 1. The van der Waals surface area contributed by atoms with Crippen molar-refractivity contribution in [2.75, 3.05) is 23.3 Å². The lowest BCUT2D eigenvalue weighted by Crippen LogP contribution is -2.20. The molecule has 2 amide bonds. The fraction of sp³-hybridized carbons (Fsp3) is 0.179. The highest BCUT2D eigenvalue weighted by molar-refractivity contribution is 6.07. The summed E-state index contributed by atoms with van der Waals surface area (Å²) in [7, 11) is 0. The van der Waals surface area contributed by atoms with Crippen molar-refractivity contribution < 1.29 is 14.0 Å². The fourth-order valence-electron chi connectivity index (χ4n) is 4.64. The summed E-state index contributed by atoms with van der Waals surface area (Å²) >= 11 is 0. The second-order valence-corrected chi connectivity index (χ2v) is 9.20. The summed E-state index contributed by atoms with van der Waals surface area (Å²) in [5.74, 6) is -0.875. The van der Waals surface area contributed by atoms with E-state index in [2.05, 4.69) is 5.32 Å². The molecular formula is C28H27FN6O2. The molecule has 3 aromatic carbocycles. The van der Waals surface area contributed by atoms with Crippen LogP contribution in [0, 0.1) is 5.41 Å². The quantitative estimate of drug-likeness (QED) is 0.228. The number of benzene rings is 3. The number of hydrogen-bond donors (Lipinski definition) is 4. The number of nitrogens with two attached hydrogens (primary N) is 2. The summed E-state index contributed by atoms with van der Waals surface area (Å²) in [6.07, 6.45) is -0.281. The number of rotatable bonds is 7. The number of fused-ring (bicyclic) bond motifs is 1. The van der Waals surface area contributed by atoms with E-state index in [1.54, 1.807) is 42.5 Å². The Hall–Kier alpha value is -4.66. The van der Waals surface area contributed by atoms with Gasteiger partial charge in [-0.05, 0) is 60.5 Å². The van der Waals surface area contributed by atoms with Crippen LogP contribution in [0.3, 0.4) is 0 Å². The predicted molar refractivity (Wildman–Crippen MR) is 143 cm³/mol. The smallest absolute Gasteiger partial charge is 0.272 e. The minimum absolute atomic E-state index is 0.0661. The topological polar surface area (TPSA) is 130 Å². The van der Waals surface area contributed by atoms with Gasteiger partial charge in [-0.25, -0.2) is 4.39 Å². The molecule has 0 spiro atoms. The van der Waals surface area contributed by atoms with E-state index in [4.69, 9.17) is 16.9 Å². The van der Waals surface area contributed by atoms with E-state index >= 15 is 0 Å². The number of amidine groups is 1. The molecular weight excluding hydrogens is 471 g/mol. The van der Waals surface area contributed by atoms with Crippen molar-refractivity contribution in [1.82, 2.24) is 4.57 Å². The van der Waals surface area contributed by atoms with Crippen LogP contribution in [0.2, 0.25) is 0 Å². The molecule has 9 heteroatoms. The highest BCUT2D eigenvalue weighted by Gasteiger charge is 2.22. The summed E-state index contributed by atoms with van der Waals surface area (Å²) in [6.45, 7) is 1.41. The van der Waals surface area contributed by atoms with Gasteiger partial charge in [0, 0.05) is 53.0 Å². The molecule has 2 heterocycles. The summed E-state index contributed by atoms with van der Waals surface area (Å²) in [5, 5.41) is 11.6. The molecule has 8 nitrogen and oxygen atoms in total. The lowest BCUT2D eigenvalue weighted by atomic mass is 10.1. The van der Waals surface area contributed by atoms with Crippen LogP contribution in [0.15, 0.2) is 72.8 Å². The van der Waals surface area contributed by atoms with Gasteiger partial charge in [0.05, 0.1) is 0 Å². The molecule has 1 saturated heterocycles. The number of alkyl halides is 1. The molecule has 0 saturated carbocycles. The van der Waals surface area contributed by atoms with E-state index in [-0.39, 0.29) is 11.7 Å². The van der Waals surface area contributed by atoms with Crippen LogP contribution in [-0.4, -0.2) is 41.5 Å². The van der Waals surface area contributed by atoms with E-state index in [9.17, 15) is 14.0 Å². The van der Waals surface area contributed by atoms with Crippen molar-refractivity contribution >= 4 is 39.9 Å². The van der Waals surface area contributed by atoms with Crippen molar-refractivity contribution in [2.24, 2.45) is 11.5 Å². The Balaban J connectivity index is 1.45. The Bertz CT molecular complexity index is 1490. The van der Waals surface area contributed by atoms with Gasteiger partial charge < -0.3 is 26.3 Å². The average Bonchev–Trinajstić information content (AvgIpc) is 3.48.